The van der Waals surface area contributed by atoms with Crippen LogP contribution in [0.5, 0.6) is 0 Å². The minimum Gasteiger partial charge on any atom is -0.394 e. The Labute approximate surface area is 87.4 Å². The number of hydrogen-bond donors (Lipinski definition) is 3. The summed E-state index contributed by atoms with van der Waals surface area (Å²) in [6, 6.07) is 0. The summed E-state index contributed by atoms with van der Waals surface area (Å²) in [5.74, 6) is -0.786. The molecule has 2 rings (SSSR count). The monoisotopic (exact) mass is 220 g/mol. The van der Waals surface area contributed by atoms with Gasteiger partial charge >= 0.3 is 0 Å². The number of fused-ring (bicyclic) bond motifs is 1. The van der Waals surface area contributed by atoms with Gasteiger partial charge in [0, 0.05) is 0 Å². The van der Waals surface area contributed by atoms with Crippen LogP contribution in [-0.2, 0) is 14.2 Å². The van der Waals surface area contributed by atoms with Crippen molar-refractivity contribution in [3.8, 4) is 0 Å². The highest BCUT2D eigenvalue weighted by atomic mass is 16.8. The first-order chi connectivity index (χ1) is 6.94. The molecule has 6 nitrogen and oxygen atoms in total. The molecular weight excluding hydrogens is 204 g/mol. The Morgan fingerprint density at radius 2 is 2.00 bits per heavy atom. The average Bonchev–Trinajstić information content (AvgIpc) is 2.60. The van der Waals surface area contributed by atoms with Crippen molar-refractivity contribution in [3.05, 3.63) is 0 Å². The topological polar surface area (TPSA) is 88.4 Å². The molecule has 0 saturated carbocycles. The fourth-order valence-electron chi connectivity index (χ4n) is 1.94. The Morgan fingerprint density at radius 1 is 1.33 bits per heavy atom. The van der Waals surface area contributed by atoms with Crippen LogP contribution in [0.15, 0.2) is 0 Å². The maximum absolute atomic E-state index is 9.79. The van der Waals surface area contributed by atoms with Gasteiger partial charge in [0.25, 0.3) is 0 Å². The first-order valence-electron chi connectivity index (χ1n) is 4.93. The Hall–Kier alpha value is -0.240. The van der Waals surface area contributed by atoms with Gasteiger partial charge in [0.15, 0.2) is 12.1 Å². The number of ether oxygens (including phenoxy) is 3. The van der Waals surface area contributed by atoms with Crippen molar-refractivity contribution in [2.75, 3.05) is 6.61 Å². The van der Waals surface area contributed by atoms with Gasteiger partial charge in [-0.15, -0.1) is 0 Å². The molecule has 5 atom stereocenters. The molecule has 2 saturated heterocycles. The van der Waals surface area contributed by atoms with E-state index in [-0.39, 0.29) is 0 Å². The van der Waals surface area contributed by atoms with Crippen molar-refractivity contribution in [2.24, 2.45) is 0 Å². The van der Waals surface area contributed by atoms with Gasteiger partial charge in [-0.05, 0) is 13.8 Å². The second-order valence-corrected chi connectivity index (χ2v) is 4.31. The molecule has 2 fully saturated rings. The predicted molar refractivity (Wildman–Crippen MR) is 47.8 cm³/mol. The molecule has 6 heteroatoms. The van der Waals surface area contributed by atoms with E-state index in [9.17, 15) is 10.2 Å². The molecule has 0 radical (unpaired) electrons. The summed E-state index contributed by atoms with van der Waals surface area (Å²) in [5.41, 5.74) is 0. The van der Waals surface area contributed by atoms with Crippen molar-refractivity contribution in [1.82, 2.24) is 0 Å². The molecular formula is C9H16O6. The summed E-state index contributed by atoms with van der Waals surface area (Å²) in [5, 5.41) is 27.9. The lowest BCUT2D eigenvalue weighted by Crippen LogP contribution is -2.42. The maximum Gasteiger partial charge on any atom is 0.190 e. The zero-order valence-electron chi connectivity index (χ0n) is 8.66. The highest BCUT2D eigenvalue weighted by molar-refractivity contribution is 4.95. The lowest BCUT2D eigenvalue weighted by atomic mass is 10.1. The van der Waals surface area contributed by atoms with Gasteiger partial charge in [-0.3, -0.25) is 0 Å². The fourth-order valence-corrected chi connectivity index (χ4v) is 1.94. The molecule has 88 valence electrons. The van der Waals surface area contributed by atoms with Crippen LogP contribution in [-0.4, -0.2) is 58.4 Å². The standard InChI is InChI=1S/C9H16O6/c1-9(2)14-7-5(12)6(4(11)3-10)13-8(7)15-9/h4-8,10-12H,3H2,1-2H3/t4?,5-,6+,7?,8?/m0/s1. The van der Waals surface area contributed by atoms with E-state index in [2.05, 4.69) is 0 Å². The zero-order chi connectivity index (χ0) is 11.2. The third kappa shape index (κ3) is 1.89. The van der Waals surface area contributed by atoms with Crippen LogP contribution in [0, 0.1) is 0 Å². The van der Waals surface area contributed by atoms with E-state index < -0.39 is 43.1 Å². The minimum atomic E-state index is -1.12. The molecule has 3 unspecified atom stereocenters. The van der Waals surface area contributed by atoms with E-state index in [1.807, 2.05) is 0 Å². The molecule has 0 aromatic rings. The van der Waals surface area contributed by atoms with Gasteiger partial charge in [0.2, 0.25) is 0 Å². The second-order valence-electron chi connectivity index (χ2n) is 4.31. The lowest BCUT2D eigenvalue weighted by Gasteiger charge is -2.24. The molecule has 15 heavy (non-hydrogen) atoms. The van der Waals surface area contributed by atoms with Crippen LogP contribution in [0.1, 0.15) is 13.8 Å². The van der Waals surface area contributed by atoms with E-state index in [0.29, 0.717) is 0 Å². The van der Waals surface area contributed by atoms with Crippen molar-refractivity contribution in [1.29, 1.82) is 0 Å². The van der Waals surface area contributed by atoms with Crippen molar-refractivity contribution < 1.29 is 29.5 Å². The molecule has 0 aromatic heterocycles. The molecule has 0 aromatic carbocycles. The highest BCUT2D eigenvalue weighted by Gasteiger charge is 2.55. The van der Waals surface area contributed by atoms with Gasteiger partial charge in [-0.25, -0.2) is 0 Å². The second kappa shape index (κ2) is 3.65. The number of rotatable bonds is 2. The highest BCUT2D eigenvalue weighted by Crippen LogP contribution is 2.38. The van der Waals surface area contributed by atoms with Gasteiger partial charge in [-0.2, -0.15) is 0 Å². The summed E-state index contributed by atoms with van der Waals surface area (Å²) in [6.07, 6.45) is -4.26. The van der Waals surface area contributed by atoms with Crippen LogP contribution < -0.4 is 0 Å². The average molecular weight is 220 g/mol. The molecule has 0 amide bonds. The van der Waals surface area contributed by atoms with Gasteiger partial charge in [0.05, 0.1) is 6.61 Å². The fraction of sp³-hybridized carbons (Fsp3) is 1.00. The predicted octanol–water partition coefficient (Wildman–Crippen LogP) is -1.42. The summed E-state index contributed by atoms with van der Waals surface area (Å²) in [4.78, 5) is 0. The van der Waals surface area contributed by atoms with Crippen molar-refractivity contribution >= 4 is 0 Å². The van der Waals surface area contributed by atoms with Gasteiger partial charge in [0.1, 0.15) is 24.4 Å². The van der Waals surface area contributed by atoms with Crippen molar-refractivity contribution in [3.63, 3.8) is 0 Å². The van der Waals surface area contributed by atoms with Crippen LogP contribution in [0.2, 0.25) is 0 Å². The Balaban J connectivity index is 2.05. The number of aliphatic hydroxyl groups is 3. The molecule has 0 bridgehead atoms. The summed E-state index contributed by atoms with van der Waals surface area (Å²) in [7, 11) is 0. The van der Waals surface area contributed by atoms with Crippen LogP contribution >= 0.6 is 0 Å². The molecule has 2 aliphatic rings. The maximum atomic E-state index is 9.79. The molecule has 0 aliphatic carbocycles. The largest absolute Gasteiger partial charge is 0.394 e. The number of hydrogen-bond acceptors (Lipinski definition) is 6. The number of aliphatic hydroxyl groups excluding tert-OH is 3. The van der Waals surface area contributed by atoms with E-state index >= 15 is 0 Å². The SMILES string of the molecule is CC1(C)OC2O[C@H](C(O)CO)[C@H](O)C2O1. The third-order valence-electron chi connectivity index (χ3n) is 2.62. The first-order valence-corrected chi connectivity index (χ1v) is 4.93. The van der Waals surface area contributed by atoms with Crippen LogP contribution in [0.4, 0.5) is 0 Å². The molecule has 2 heterocycles. The quantitative estimate of drug-likeness (QED) is 0.529. The van der Waals surface area contributed by atoms with Crippen molar-refractivity contribution in [2.45, 2.75) is 50.3 Å². The molecule has 0 spiro atoms. The molecule has 3 N–H and O–H groups in total. The van der Waals surface area contributed by atoms with E-state index in [4.69, 9.17) is 19.3 Å². The summed E-state index contributed by atoms with van der Waals surface area (Å²) < 4.78 is 16.1. The van der Waals surface area contributed by atoms with E-state index in [1.165, 1.54) is 0 Å². The molecule has 2 aliphatic heterocycles. The zero-order valence-corrected chi connectivity index (χ0v) is 8.66. The first kappa shape index (κ1) is 11.3. The van der Waals surface area contributed by atoms with Gasteiger partial charge < -0.3 is 29.5 Å². The normalized spacial score (nSPS) is 45.4. The summed E-state index contributed by atoms with van der Waals surface area (Å²) in [6.45, 7) is 2.97. The summed E-state index contributed by atoms with van der Waals surface area (Å²) >= 11 is 0. The minimum absolute atomic E-state index is 0.468. The van der Waals surface area contributed by atoms with E-state index in [0.717, 1.165) is 0 Å². The van der Waals surface area contributed by atoms with Crippen LogP contribution in [0.25, 0.3) is 0 Å². The Kier molecular flexibility index (Phi) is 2.74. The van der Waals surface area contributed by atoms with Gasteiger partial charge in [-0.1, -0.05) is 0 Å². The Bertz CT molecular complexity index is 243. The third-order valence-corrected chi connectivity index (χ3v) is 2.62. The Morgan fingerprint density at radius 3 is 2.53 bits per heavy atom. The van der Waals surface area contributed by atoms with E-state index in [1.54, 1.807) is 13.8 Å². The lowest BCUT2D eigenvalue weighted by molar-refractivity contribution is -0.227. The smallest absolute Gasteiger partial charge is 0.190 e. The van der Waals surface area contributed by atoms with Crippen LogP contribution in [0.3, 0.4) is 0 Å².